The van der Waals surface area contributed by atoms with Crippen molar-refractivity contribution in [1.82, 2.24) is 4.57 Å². The third kappa shape index (κ3) is 6.55. The Hall–Kier alpha value is -3.88. The average Bonchev–Trinajstić information content (AvgIpc) is 3.30. The summed E-state index contributed by atoms with van der Waals surface area (Å²) >= 11 is 2.95. The molecule has 1 aliphatic heterocycles. The first-order chi connectivity index (χ1) is 20.0. The summed E-state index contributed by atoms with van der Waals surface area (Å²) in [7, 11) is 0. The first kappa shape index (κ1) is 28.6. The number of ether oxygens (including phenoxy) is 2. The molecule has 0 saturated heterocycles. The Kier molecular flexibility index (Phi) is 9.21. The number of thiazole rings is 1. The SMILES string of the molecule is CCCCOc1ccc(C=c2sc3n(c2=O)C(c2ccc(SC)cc2)C(C(=O)OCc2ccccc2)=C(C)N=3)cc1. The van der Waals surface area contributed by atoms with Gasteiger partial charge in [-0.2, -0.15) is 0 Å². The van der Waals surface area contributed by atoms with E-state index in [4.69, 9.17) is 14.5 Å². The van der Waals surface area contributed by atoms with Crippen molar-refractivity contribution in [3.63, 3.8) is 0 Å². The molecule has 210 valence electrons. The fourth-order valence-electron chi connectivity index (χ4n) is 4.63. The van der Waals surface area contributed by atoms with Crippen LogP contribution >= 0.6 is 23.1 Å². The van der Waals surface area contributed by atoms with E-state index in [2.05, 4.69) is 6.92 Å². The number of nitrogens with zero attached hydrogens (tertiary/aromatic N) is 2. The van der Waals surface area contributed by atoms with Crippen LogP contribution in [0, 0.1) is 0 Å². The maximum Gasteiger partial charge on any atom is 0.338 e. The summed E-state index contributed by atoms with van der Waals surface area (Å²) in [5, 5.41) is 0. The van der Waals surface area contributed by atoms with E-state index in [-0.39, 0.29) is 12.2 Å². The Morgan fingerprint density at radius 1 is 1.05 bits per heavy atom. The number of hydrogen-bond acceptors (Lipinski definition) is 7. The first-order valence-electron chi connectivity index (χ1n) is 13.6. The topological polar surface area (TPSA) is 69.9 Å². The Bertz CT molecular complexity index is 1720. The maximum absolute atomic E-state index is 13.9. The van der Waals surface area contributed by atoms with Gasteiger partial charge in [-0.1, -0.05) is 79.3 Å². The molecule has 1 atom stereocenters. The van der Waals surface area contributed by atoms with Crippen molar-refractivity contribution in [2.24, 2.45) is 4.99 Å². The minimum atomic E-state index is -0.651. The van der Waals surface area contributed by atoms with Crippen molar-refractivity contribution in [2.45, 2.75) is 44.2 Å². The third-order valence-corrected chi connectivity index (χ3v) is 8.56. The molecule has 0 N–H and O–H groups in total. The van der Waals surface area contributed by atoms with Crippen molar-refractivity contribution < 1.29 is 14.3 Å². The Labute approximate surface area is 247 Å². The van der Waals surface area contributed by atoms with Crippen LogP contribution < -0.4 is 19.6 Å². The second kappa shape index (κ2) is 13.2. The second-order valence-electron chi connectivity index (χ2n) is 9.69. The predicted octanol–water partition coefficient (Wildman–Crippen LogP) is 5.88. The van der Waals surface area contributed by atoms with Crippen molar-refractivity contribution in [1.29, 1.82) is 0 Å². The van der Waals surface area contributed by atoms with Gasteiger partial charge in [0.2, 0.25) is 0 Å². The van der Waals surface area contributed by atoms with Crippen LogP contribution in [0.2, 0.25) is 0 Å². The number of hydrogen-bond donors (Lipinski definition) is 0. The highest BCUT2D eigenvalue weighted by Crippen LogP contribution is 2.32. The number of fused-ring (bicyclic) bond motifs is 1. The highest BCUT2D eigenvalue weighted by Gasteiger charge is 2.33. The number of carbonyl (C=O) groups excluding carboxylic acids is 1. The molecule has 41 heavy (non-hydrogen) atoms. The first-order valence-corrected chi connectivity index (χ1v) is 15.6. The maximum atomic E-state index is 13.9. The number of aromatic nitrogens is 1. The van der Waals surface area contributed by atoms with Crippen molar-refractivity contribution in [3.8, 4) is 5.75 Å². The molecule has 0 spiro atoms. The van der Waals surface area contributed by atoms with Gasteiger partial charge in [-0.15, -0.1) is 11.8 Å². The Morgan fingerprint density at radius 3 is 2.46 bits per heavy atom. The predicted molar refractivity (Wildman–Crippen MR) is 165 cm³/mol. The minimum absolute atomic E-state index is 0.136. The molecule has 3 aromatic carbocycles. The lowest BCUT2D eigenvalue weighted by molar-refractivity contribution is -0.140. The molecule has 1 aromatic heterocycles. The van der Waals surface area contributed by atoms with E-state index < -0.39 is 12.0 Å². The van der Waals surface area contributed by atoms with Crippen LogP contribution in [-0.4, -0.2) is 23.4 Å². The lowest BCUT2D eigenvalue weighted by atomic mass is 9.96. The van der Waals surface area contributed by atoms with Gasteiger partial charge in [0.25, 0.3) is 5.56 Å². The van der Waals surface area contributed by atoms with Gasteiger partial charge in [-0.05, 0) is 66.6 Å². The zero-order valence-electron chi connectivity index (χ0n) is 23.3. The fourth-order valence-corrected chi connectivity index (χ4v) is 6.09. The Balaban J connectivity index is 1.53. The molecule has 1 unspecified atom stereocenters. The molecule has 1 aliphatic rings. The molecular weight excluding hydrogens is 553 g/mol. The normalized spacial score (nSPS) is 14.9. The smallest absolute Gasteiger partial charge is 0.338 e. The lowest BCUT2D eigenvalue weighted by Gasteiger charge is -2.25. The highest BCUT2D eigenvalue weighted by molar-refractivity contribution is 7.98. The average molecular weight is 585 g/mol. The van der Waals surface area contributed by atoms with Crippen LogP contribution in [0.4, 0.5) is 0 Å². The second-order valence-corrected chi connectivity index (χ2v) is 11.6. The summed E-state index contributed by atoms with van der Waals surface area (Å²) in [6, 6.07) is 24.5. The number of allylic oxidation sites excluding steroid dienone is 1. The summed E-state index contributed by atoms with van der Waals surface area (Å²) < 4.78 is 13.7. The molecule has 8 heteroatoms. The molecule has 0 aliphatic carbocycles. The quantitative estimate of drug-likeness (QED) is 0.132. The number of esters is 1. The van der Waals surface area contributed by atoms with Gasteiger partial charge in [-0.3, -0.25) is 9.36 Å². The summed E-state index contributed by atoms with van der Waals surface area (Å²) in [4.78, 5) is 33.8. The van der Waals surface area contributed by atoms with Crippen molar-refractivity contribution in [3.05, 3.63) is 127 Å². The van der Waals surface area contributed by atoms with Gasteiger partial charge in [0.1, 0.15) is 12.4 Å². The molecule has 4 aromatic rings. The number of benzene rings is 3. The largest absolute Gasteiger partial charge is 0.494 e. The molecule has 6 nitrogen and oxygen atoms in total. The zero-order valence-corrected chi connectivity index (χ0v) is 25.0. The highest BCUT2D eigenvalue weighted by atomic mass is 32.2. The molecule has 2 heterocycles. The summed E-state index contributed by atoms with van der Waals surface area (Å²) in [6.07, 6.45) is 5.96. The van der Waals surface area contributed by atoms with Crippen LogP contribution in [0.3, 0.4) is 0 Å². The van der Waals surface area contributed by atoms with E-state index in [9.17, 15) is 9.59 Å². The van der Waals surface area contributed by atoms with E-state index in [0.717, 1.165) is 40.2 Å². The van der Waals surface area contributed by atoms with Crippen molar-refractivity contribution in [2.75, 3.05) is 12.9 Å². The monoisotopic (exact) mass is 584 g/mol. The van der Waals surface area contributed by atoms with Crippen LogP contribution in [0.5, 0.6) is 5.75 Å². The summed E-state index contributed by atoms with van der Waals surface area (Å²) in [5.74, 6) is 0.321. The summed E-state index contributed by atoms with van der Waals surface area (Å²) in [5.41, 5.74) is 3.31. The Morgan fingerprint density at radius 2 is 1.78 bits per heavy atom. The van der Waals surface area contributed by atoms with E-state index in [1.807, 2.05) is 91.2 Å². The van der Waals surface area contributed by atoms with Gasteiger partial charge in [0.15, 0.2) is 4.80 Å². The van der Waals surface area contributed by atoms with Crippen LogP contribution in [0.1, 0.15) is 49.4 Å². The number of rotatable bonds is 10. The van der Waals surface area contributed by atoms with Crippen LogP contribution in [0.25, 0.3) is 6.08 Å². The molecule has 5 rings (SSSR count). The minimum Gasteiger partial charge on any atom is -0.494 e. The third-order valence-electron chi connectivity index (χ3n) is 6.83. The van der Waals surface area contributed by atoms with Gasteiger partial charge >= 0.3 is 5.97 Å². The lowest BCUT2D eigenvalue weighted by Crippen LogP contribution is -2.39. The standard InChI is InChI=1S/C33H32N2O4S2/c1-4-5-19-38-26-15-11-23(12-16-26)20-28-31(36)35-30(25-13-17-27(40-3)18-14-25)29(22(2)34-33(35)41-28)32(37)39-21-24-9-7-6-8-10-24/h6-18,20,30H,4-5,19,21H2,1-3H3. The molecule has 0 amide bonds. The molecule has 0 bridgehead atoms. The van der Waals surface area contributed by atoms with Crippen LogP contribution in [-0.2, 0) is 16.1 Å². The number of thioether (sulfide) groups is 1. The van der Waals surface area contributed by atoms with Gasteiger partial charge in [0.05, 0.1) is 28.5 Å². The van der Waals surface area contributed by atoms with Gasteiger partial charge < -0.3 is 9.47 Å². The number of unbranched alkanes of at least 4 members (excludes halogenated alkanes) is 1. The van der Waals surface area contributed by atoms with E-state index in [1.165, 1.54) is 11.3 Å². The van der Waals surface area contributed by atoms with Crippen LogP contribution in [0.15, 0.2) is 105 Å². The molecule has 0 radical (unpaired) electrons. The van der Waals surface area contributed by atoms with E-state index in [0.29, 0.717) is 27.2 Å². The van der Waals surface area contributed by atoms with Gasteiger partial charge in [0, 0.05) is 4.90 Å². The molecule has 0 fully saturated rings. The number of carbonyl (C=O) groups is 1. The zero-order chi connectivity index (χ0) is 28.8. The molecule has 0 saturated carbocycles. The molecular formula is C33H32N2O4S2. The van der Waals surface area contributed by atoms with E-state index in [1.54, 1.807) is 23.3 Å². The summed E-state index contributed by atoms with van der Waals surface area (Å²) in [6.45, 7) is 4.75. The van der Waals surface area contributed by atoms with E-state index >= 15 is 0 Å². The van der Waals surface area contributed by atoms with Gasteiger partial charge in [-0.25, -0.2) is 9.79 Å². The van der Waals surface area contributed by atoms with Crippen molar-refractivity contribution >= 4 is 35.1 Å². The fraction of sp³-hybridized carbons (Fsp3) is 0.242.